The lowest BCUT2D eigenvalue weighted by molar-refractivity contribution is 0.0925. The van der Waals surface area contributed by atoms with E-state index in [1.54, 1.807) is 6.20 Å². The molecule has 1 fully saturated rings. The molecule has 1 aromatic heterocycles. The van der Waals surface area contributed by atoms with E-state index in [2.05, 4.69) is 22.5 Å². The zero-order chi connectivity index (χ0) is 16.2. The summed E-state index contributed by atoms with van der Waals surface area (Å²) >= 11 is 0. The van der Waals surface area contributed by atoms with Gasteiger partial charge in [-0.3, -0.25) is 9.48 Å². The molecule has 1 heterocycles. The zero-order valence-electron chi connectivity index (χ0n) is 13.9. The molecule has 2 aromatic rings. The highest BCUT2D eigenvalue weighted by Crippen LogP contribution is 2.18. The Bertz CT molecular complexity index is 663. The van der Waals surface area contributed by atoms with Crippen LogP contribution in [-0.4, -0.2) is 27.8 Å². The second kappa shape index (κ2) is 8.31. The summed E-state index contributed by atoms with van der Waals surface area (Å²) in [6, 6.07) is 10.7. The van der Waals surface area contributed by atoms with E-state index >= 15 is 0 Å². The van der Waals surface area contributed by atoms with E-state index in [-0.39, 0.29) is 24.4 Å². The van der Waals surface area contributed by atoms with E-state index in [4.69, 9.17) is 5.73 Å². The summed E-state index contributed by atoms with van der Waals surface area (Å²) in [4.78, 5) is 12.5. The molecule has 6 heteroatoms. The van der Waals surface area contributed by atoms with Crippen LogP contribution in [0.1, 0.15) is 47.3 Å². The van der Waals surface area contributed by atoms with Crippen molar-refractivity contribution in [2.45, 2.75) is 51.2 Å². The third-order valence-electron chi connectivity index (χ3n) is 4.63. The van der Waals surface area contributed by atoms with Gasteiger partial charge in [-0.15, -0.1) is 12.4 Å². The molecule has 3 N–H and O–H groups in total. The summed E-state index contributed by atoms with van der Waals surface area (Å²) in [6.45, 7) is 2.62. The second-order valence-electron chi connectivity index (χ2n) is 6.37. The van der Waals surface area contributed by atoms with Crippen LogP contribution in [-0.2, 0) is 6.54 Å². The van der Waals surface area contributed by atoms with Gasteiger partial charge in [-0.25, -0.2) is 0 Å². The first-order valence-corrected chi connectivity index (χ1v) is 8.26. The minimum atomic E-state index is -0.0257. The standard InChI is InChI=1S/C18H24N4O.ClH/c1-13-17(18(23)21-16-9-7-15(19)8-10-16)11-20-22(13)12-14-5-3-2-4-6-14;/h2-6,11,15-16H,7-10,12,19H2,1H3,(H,21,23);1H. The number of benzene rings is 1. The van der Waals surface area contributed by atoms with Gasteiger partial charge in [-0.05, 0) is 38.2 Å². The Morgan fingerprint density at radius 3 is 2.58 bits per heavy atom. The number of carbonyl (C=O) groups excluding carboxylic acids is 1. The van der Waals surface area contributed by atoms with Crippen molar-refractivity contribution in [2.75, 3.05) is 0 Å². The fourth-order valence-electron chi connectivity index (χ4n) is 3.11. The largest absolute Gasteiger partial charge is 0.349 e. The topological polar surface area (TPSA) is 72.9 Å². The Balaban J connectivity index is 0.00000208. The van der Waals surface area contributed by atoms with E-state index in [9.17, 15) is 4.79 Å². The number of nitrogens with one attached hydrogen (secondary N) is 1. The average molecular weight is 349 g/mol. The number of halogens is 1. The molecule has 1 amide bonds. The van der Waals surface area contributed by atoms with E-state index < -0.39 is 0 Å². The lowest BCUT2D eigenvalue weighted by Crippen LogP contribution is -2.40. The van der Waals surface area contributed by atoms with E-state index in [0.717, 1.165) is 31.4 Å². The summed E-state index contributed by atoms with van der Waals surface area (Å²) in [5.74, 6) is -0.0257. The summed E-state index contributed by atoms with van der Waals surface area (Å²) < 4.78 is 1.88. The van der Waals surface area contributed by atoms with Crippen molar-refractivity contribution in [3.63, 3.8) is 0 Å². The Labute approximate surface area is 149 Å². The first-order valence-electron chi connectivity index (χ1n) is 8.26. The van der Waals surface area contributed by atoms with Crippen molar-refractivity contribution in [3.8, 4) is 0 Å². The normalized spacial score (nSPS) is 20.2. The van der Waals surface area contributed by atoms with Gasteiger partial charge in [-0.1, -0.05) is 30.3 Å². The minimum Gasteiger partial charge on any atom is -0.349 e. The molecule has 0 unspecified atom stereocenters. The van der Waals surface area contributed by atoms with E-state index in [1.165, 1.54) is 5.56 Å². The smallest absolute Gasteiger partial charge is 0.254 e. The molecular formula is C18H25ClN4O. The van der Waals surface area contributed by atoms with Gasteiger partial charge < -0.3 is 11.1 Å². The molecular weight excluding hydrogens is 324 g/mol. The molecule has 1 aliphatic rings. The van der Waals surface area contributed by atoms with Crippen LogP contribution in [0, 0.1) is 6.92 Å². The molecule has 130 valence electrons. The van der Waals surface area contributed by atoms with Crippen LogP contribution >= 0.6 is 12.4 Å². The van der Waals surface area contributed by atoms with Crippen molar-refractivity contribution in [3.05, 3.63) is 53.3 Å². The van der Waals surface area contributed by atoms with Crippen molar-refractivity contribution in [2.24, 2.45) is 5.73 Å². The molecule has 1 saturated carbocycles. The highest BCUT2D eigenvalue weighted by Gasteiger charge is 2.22. The maximum Gasteiger partial charge on any atom is 0.254 e. The van der Waals surface area contributed by atoms with Crippen LogP contribution in [0.4, 0.5) is 0 Å². The van der Waals surface area contributed by atoms with Gasteiger partial charge in [0.2, 0.25) is 0 Å². The van der Waals surface area contributed by atoms with Gasteiger partial charge in [0.15, 0.2) is 0 Å². The summed E-state index contributed by atoms with van der Waals surface area (Å²) in [5, 5.41) is 7.50. The lowest BCUT2D eigenvalue weighted by Gasteiger charge is -2.26. The van der Waals surface area contributed by atoms with Crippen molar-refractivity contribution < 1.29 is 4.79 Å². The third-order valence-corrected chi connectivity index (χ3v) is 4.63. The molecule has 1 aliphatic carbocycles. The maximum atomic E-state index is 12.5. The Morgan fingerprint density at radius 1 is 1.25 bits per heavy atom. The van der Waals surface area contributed by atoms with Gasteiger partial charge in [0, 0.05) is 17.8 Å². The number of nitrogens with zero attached hydrogens (tertiary/aromatic N) is 2. The average Bonchev–Trinajstić information content (AvgIpc) is 2.92. The van der Waals surface area contributed by atoms with Crippen LogP contribution in [0.2, 0.25) is 0 Å². The summed E-state index contributed by atoms with van der Waals surface area (Å²) in [5.41, 5.74) is 8.65. The van der Waals surface area contributed by atoms with Gasteiger partial charge in [-0.2, -0.15) is 5.10 Å². The van der Waals surface area contributed by atoms with Crippen LogP contribution in [0.15, 0.2) is 36.5 Å². The molecule has 24 heavy (non-hydrogen) atoms. The van der Waals surface area contributed by atoms with Crippen molar-refractivity contribution >= 4 is 18.3 Å². The van der Waals surface area contributed by atoms with Gasteiger partial charge in [0.25, 0.3) is 5.91 Å². The fourth-order valence-corrected chi connectivity index (χ4v) is 3.11. The minimum absolute atomic E-state index is 0. The SMILES string of the molecule is Cc1c(C(=O)NC2CCC(N)CC2)cnn1Cc1ccccc1.Cl. The first kappa shape index (κ1) is 18.5. The Kier molecular flexibility index (Phi) is 6.40. The molecule has 5 nitrogen and oxygen atoms in total. The van der Waals surface area contributed by atoms with Gasteiger partial charge >= 0.3 is 0 Å². The Morgan fingerprint density at radius 2 is 1.92 bits per heavy atom. The number of hydrogen-bond donors (Lipinski definition) is 2. The zero-order valence-corrected chi connectivity index (χ0v) is 14.8. The predicted molar refractivity (Wildman–Crippen MR) is 97.5 cm³/mol. The summed E-state index contributed by atoms with van der Waals surface area (Å²) in [7, 11) is 0. The quantitative estimate of drug-likeness (QED) is 0.892. The lowest BCUT2D eigenvalue weighted by atomic mass is 9.91. The third kappa shape index (κ3) is 4.36. The molecule has 3 rings (SSSR count). The fraction of sp³-hybridized carbons (Fsp3) is 0.444. The second-order valence-corrected chi connectivity index (χ2v) is 6.37. The van der Waals surface area contributed by atoms with E-state index in [1.807, 2.05) is 29.8 Å². The number of rotatable bonds is 4. The molecule has 0 saturated heterocycles. The molecule has 0 atom stereocenters. The molecule has 0 spiro atoms. The van der Waals surface area contributed by atoms with Crippen molar-refractivity contribution in [1.29, 1.82) is 0 Å². The summed E-state index contributed by atoms with van der Waals surface area (Å²) in [6.07, 6.45) is 5.56. The monoisotopic (exact) mass is 348 g/mol. The predicted octanol–water partition coefficient (Wildman–Crippen LogP) is 2.66. The van der Waals surface area contributed by atoms with Gasteiger partial charge in [0.05, 0.1) is 18.3 Å². The number of hydrogen-bond acceptors (Lipinski definition) is 3. The van der Waals surface area contributed by atoms with Crippen molar-refractivity contribution in [1.82, 2.24) is 15.1 Å². The number of nitrogens with two attached hydrogens (primary N) is 1. The van der Waals surface area contributed by atoms with Crippen LogP contribution < -0.4 is 11.1 Å². The molecule has 0 aliphatic heterocycles. The van der Waals surface area contributed by atoms with E-state index in [0.29, 0.717) is 18.2 Å². The number of amides is 1. The molecule has 1 aromatic carbocycles. The first-order chi connectivity index (χ1) is 11.1. The molecule has 0 radical (unpaired) electrons. The van der Waals surface area contributed by atoms with Crippen LogP contribution in [0.25, 0.3) is 0 Å². The highest BCUT2D eigenvalue weighted by molar-refractivity contribution is 5.95. The van der Waals surface area contributed by atoms with Gasteiger partial charge in [0.1, 0.15) is 0 Å². The Hall–Kier alpha value is -1.85. The van der Waals surface area contributed by atoms with Crippen LogP contribution in [0.5, 0.6) is 0 Å². The number of carbonyl (C=O) groups is 1. The number of aromatic nitrogens is 2. The highest BCUT2D eigenvalue weighted by atomic mass is 35.5. The maximum absolute atomic E-state index is 12.5. The molecule has 0 bridgehead atoms. The van der Waals surface area contributed by atoms with Crippen LogP contribution in [0.3, 0.4) is 0 Å².